The third-order valence-corrected chi connectivity index (χ3v) is 5.45. The van der Waals surface area contributed by atoms with E-state index in [2.05, 4.69) is 20.9 Å². The number of amidine groups is 1. The van der Waals surface area contributed by atoms with Gasteiger partial charge in [-0.3, -0.25) is 9.80 Å². The van der Waals surface area contributed by atoms with Crippen molar-refractivity contribution in [3.63, 3.8) is 0 Å². The van der Waals surface area contributed by atoms with Crippen LogP contribution in [-0.4, -0.2) is 70.2 Å². The van der Waals surface area contributed by atoms with Crippen LogP contribution in [-0.2, 0) is 9.47 Å². The largest absolute Gasteiger partial charge is 0.463 e. The second-order valence-electron chi connectivity index (χ2n) is 5.26. The van der Waals surface area contributed by atoms with E-state index >= 15 is 0 Å². The highest BCUT2D eigenvalue weighted by Gasteiger charge is 2.27. The maximum absolute atomic E-state index is 5.96. The molecule has 3 aliphatic heterocycles. The van der Waals surface area contributed by atoms with Crippen molar-refractivity contribution in [2.24, 2.45) is 4.40 Å². The molecule has 1 unspecified atom stereocenters. The lowest BCUT2D eigenvalue weighted by atomic mass is 10.4. The number of hydrogen-bond acceptors (Lipinski definition) is 6. The molecule has 0 amide bonds. The Balaban J connectivity index is 1.44. The number of rotatable bonds is 4. The second-order valence-corrected chi connectivity index (χ2v) is 6.82. The minimum atomic E-state index is -0.447. The van der Waals surface area contributed by atoms with Crippen molar-refractivity contribution in [2.75, 3.05) is 39.5 Å². The topological polar surface area (TPSA) is 66.0 Å². The van der Waals surface area contributed by atoms with E-state index in [1.165, 1.54) is 0 Å². The molecule has 0 aliphatic carbocycles. The zero-order valence-corrected chi connectivity index (χ0v) is 13.5. The Labute approximate surface area is 137 Å². The van der Waals surface area contributed by atoms with Crippen LogP contribution in [0.3, 0.4) is 0 Å². The Morgan fingerprint density at radius 3 is 3.04 bits per heavy atom. The fourth-order valence-electron chi connectivity index (χ4n) is 2.60. The summed E-state index contributed by atoms with van der Waals surface area (Å²) in [4.78, 5) is 12.9. The Morgan fingerprint density at radius 1 is 1.30 bits per heavy atom. The van der Waals surface area contributed by atoms with E-state index in [-0.39, 0.29) is 0 Å². The van der Waals surface area contributed by atoms with Crippen LogP contribution in [0, 0.1) is 0 Å². The Hall–Kier alpha value is -1.90. The Morgan fingerprint density at radius 2 is 2.22 bits per heavy atom. The molecule has 23 heavy (non-hydrogen) atoms. The number of H-pyrrole nitrogens is 1. The second kappa shape index (κ2) is 6.69. The van der Waals surface area contributed by atoms with Crippen LogP contribution < -0.4 is 0 Å². The molecule has 0 aromatic carbocycles. The zero-order chi connectivity index (χ0) is 15.5. The van der Waals surface area contributed by atoms with Crippen LogP contribution in [0.25, 0.3) is 0 Å². The van der Waals surface area contributed by atoms with Gasteiger partial charge in [0.15, 0.2) is 5.16 Å². The van der Waals surface area contributed by atoms with Gasteiger partial charge in [0.25, 0.3) is 0 Å². The van der Waals surface area contributed by atoms with Crippen molar-refractivity contribution in [3.05, 3.63) is 36.8 Å². The summed E-state index contributed by atoms with van der Waals surface area (Å²) in [6, 6.07) is 0.647. The maximum atomic E-state index is 5.96. The molecule has 1 N–H and O–H groups in total. The van der Waals surface area contributed by atoms with Gasteiger partial charge in [0.1, 0.15) is 11.6 Å². The molecule has 1 aromatic heterocycles. The van der Waals surface area contributed by atoms with Crippen LogP contribution in [0.2, 0.25) is 0 Å². The Bertz CT molecular complexity index is 674. The normalized spacial score (nSPS) is 24.0. The zero-order valence-electron chi connectivity index (χ0n) is 12.7. The number of fused-ring (bicyclic) bond motifs is 1. The lowest BCUT2D eigenvalue weighted by Gasteiger charge is -2.27. The number of nitrogens with zero attached hydrogens (tertiary/aromatic N) is 4. The molecule has 3 aliphatic rings. The molecule has 122 valence electrons. The van der Waals surface area contributed by atoms with Crippen LogP contribution in [0.4, 0.5) is 0 Å². The lowest BCUT2D eigenvalue weighted by Crippen LogP contribution is -2.39. The number of morpholine rings is 1. The first kappa shape index (κ1) is 14.7. The summed E-state index contributed by atoms with van der Waals surface area (Å²) < 4.78 is 16.0. The number of ether oxygens (including phenoxy) is 2. The van der Waals surface area contributed by atoms with Gasteiger partial charge >= 0.3 is 6.02 Å². The molecule has 1 saturated heterocycles. The first-order valence-electron chi connectivity index (χ1n) is 7.68. The molecule has 1 aromatic rings. The van der Waals surface area contributed by atoms with Gasteiger partial charge in [-0.1, -0.05) is 6.08 Å². The van der Waals surface area contributed by atoms with E-state index in [1.54, 1.807) is 6.20 Å². The molecule has 1 atom stereocenters. The van der Waals surface area contributed by atoms with E-state index in [0.717, 1.165) is 43.0 Å². The van der Waals surface area contributed by atoms with Crippen LogP contribution in [0.15, 0.2) is 46.4 Å². The molecule has 1 fully saturated rings. The van der Waals surface area contributed by atoms with E-state index in [9.17, 15) is 0 Å². The molecule has 0 radical (unpaired) electrons. The quantitative estimate of drug-likeness (QED) is 0.839. The summed E-state index contributed by atoms with van der Waals surface area (Å²) in [6.07, 6.45) is 11.6. The molecular weight excluding hydrogens is 314 g/mol. The molecule has 0 saturated carbocycles. The fourth-order valence-corrected chi connectivity index (χ4v) is 4.15. The SMILES string of the molecule is C1=CC2=S(c3ncc[nH]3)N=C(OCCN3CCOCC3)N2C=C1. The van der Waals surface area contributed by atoms with E-state index in [1.807, 2.05) is 29.4 Å². The molecule has 7 nitrogen and oxygen atoms in total. The number of hydrogen-bond donors (Lipinski definition) is 1. The smallest absolute Gasteiger partial charge is 0.308 e. The van der Waals surface area contributed by atoms with Crippen molar-refractivity contribution in [2.45, 2.75) is 5.16 Å². The summed E-state index contributed by atoms with van der Waals surface area (Å²) in [6.45, 7) is 5.06. The number of aromatic nitrogens is 2. The van der Waals surface area contributed by atoms with Crippen molar-refractivity contribution < 1.29 is 9.47 Å². The number of allylic oxidation sites excluding steroid dienone is 2. The van der Waals surface area contributed by atoms with Gasteiger partial charge < -0.3 is 14.5 Å². The maximum Gasteiger partial charge on any atom is 0.308 e. The van der Waals surface area contributed by atoms with Crippen molar-refractivity contribution >= 4 is 21.7 Å². The summed E-state index contributed by atoms with van der Waals surface area (Å²) in [5.41, 5.74) is 0. The van der Waals surface area contributed by atoms with Gasteiger partial charge in [-0.2, -0.15) is 4.40 Å². The van der Waals surface area contributed by atoms with Gasteiger partial charge in [-0.05, 0) is 12.2 Å². The highest BCUT2D eigenvalue weighted by Crippen LogP contribution is 2.34. The Kier molecular flexibility index (Phi) is 4.27. The van der Waals surface area contributed by atoms with Crippen LogP contribution in [0.1, 0.15) is 0 Å². The van der Waals surface area contributed by atoms with E-state index < -0.39 is 10.7 Å². The average molecular weight is 333 g/mol. The number of nitrogens with one attached hydrogen (secondary N) is 1. The van der Waals surface area contributed by atoms with Gasteiger partial charge in [-0.25, -0.2) is 4.98 Å². The van der Waals surface area contributed by atoms with Crippen molar-refractivity contribution in [1.29, 1.82) is 0 Å². The van der Waals surface area contributed by atoms with Crippen molar-refractivity contribution in [1.82, 2.24) is 19.8 Å². The predicted octanol–water partition coefficient (Wildman–Crippen LogP) is 1.19. The molecule has 4 heterocycles. The van der Waals surface area contributed by atoms with Crippen LogP contribution >= 0.6 is 10.7 Å². The minimum Gasteiger partial charge on any atom is -0.463 e. The summed E-state index contributed by atoms with van der Waals surface area (Å²) in [5.74, 6) is 0. The highest BCUT2D eigenvalue weighted by atomic mass is 32.2. The molecule has 4 rings (SSSR count). The molecule has 0 bridgehead atoms. The molecule has 0 spiro atoms. The third-order valence-electron chi connectivity index (χ3n) is 3.79. The summed E-state index contributed by atoms with van der Waals surface area (Å²) >= 11 is 0. The lowest BCUT2D eigenvalue weighted by molar-refractivity contribution is 0.0309. The minimum absolute atomic E-state index is 0.447. The summed E-state index contributed by atoms with van der Waals surface area (Å²) in [5, 5.41) is 0.858. The van der Waals surface area contributed by atoms with E-state index in [4.69, 9.17) is 13.9 Å². The average Bonchev–Trinajstić information content (AvgIpc) is 3.24. The number of imidazole rings is 1. The monoisotopic (exact) mass is 333 g/mol. The van der Waals surface area contributed by atoms with Gasteiger partial charge in [0, 0.05) is 48.9 Å². The first-order chi connectivity index (χ1) is 11.4. The van der Waals surface area contributed by atoms with Crippen molar-refractivity contribution in [3.8, 4) is 0 Å². The highest BCUT2D eigenvalue weighted by molar-refractivity contribution is 8.15. The van der Waals surface area contributed by atoms with Gasteiger partial charge in [0.05, 0.1) is 13.2 Å². The first-order valence-corrected chi connectivity index (χ1v) is 8.86. The standard InChI is InChI=1S/C15H19N5O2S/c1-2-6-20-13(3-1)23(14-16-4-5-17-14)18-15(20)22-12-9-19-7-10-21-11-8-19/h1-6H,7-12H2,(H,16,17). The van der Waals surface area contributed by atoms with Gasteiger partial charge in [-0.15, -0.1) is 0 Å². The molecule has 8 heteroatoms. The van der Waals surface area contributed by atoms with Crippen LogP contribution in [0.5, 0.6) is 0 Å². The fraction of sp³-hybridized carbons (Fsp3) is 0.400. The predicted molar refractivity (Wildman–Crippen MR) is 90.2 cm³/mol. The third kappa shape index (κ3) is 3.10. The van der Waals surface area contributed by atoms with E-state index in [0.29, 0.717) is 12.6 Å². The summed E-state index contributed by atoms with van der Waals surface area (Å²) in [7, 11) is -0.447. The molecular formula is C15H19N5O2S. The van der Waals surface area contributed by atoms with Gasteiger partial charge in [0.2, 0.25) is 0 Å². The number of aromatic amines is 1.